The lowest BCUT2D eigenvalue weighted by Crippen LogP contribution is -2.37. The molecule has 0 aliphatic rings. The van der Waals surface area contributed by atoms with E-state index in [0.29, 0.717) is 36.2 Å². The zero-order valence-corrected chi connectivity index (χ0v) is 16.3. The van der Waals surface area contributed by atoms with E-state index in [1.807, 2.05) is 19.1 Å². The second-order valence-electron chi connectivity index (χ2n) is 6.10. The van der Waals surface area contributed by atoms with E-state index in [9.17, 15) is 5.26 Å². The molecule has 26 heavy (non-hydrogen) atoms. The van der Waals surface area contributed by atoms with Crippen LogP contribution in [0.2, 0.25) is 0 Å². The highest BCUT2D eigenvalue weighted by atomic mass is 32.1. The van der Waals surface area contributed by atoms with E-state index in [4.69, 9.17) is 17.0 Å². The molecule has 1 heterocycles. The number of methoxy groups -OCH3 is 1. The molecule has 0 saturated heterocycles. The molecule has 0 unspecified atom stereocenters. The van der Waals surface area contributed by atoms with Crippen LogP contribution in [0.25, 0.3) is 10.9 Å². The van der Waals surface area contributed by atoms with Gasteiger partial charge in [0.2, 0.25) is 0 Å². The maximum absolute atomic E-state index is 9.42. The van der Waals surface area contributed by atoms with Crippen molar-refractivity contribution in [3.63, 3.8) is 0 Å². The monoisotopic (exact) mass is 371 g/mol. The fourth-order valence-electron chi connectivity index (χ4n) is 2.68. The fraction of sp³-hybridized carbons (Fsp3) is 0.421. The highest BCUT2D eigenvalue weighted by molar-refractivity contribution is 7.80. The van der Waals surface area contributed by atoms with Crippen LogP contribution in [-0.2, 0) is 4.74 Å². The van der Waals surface area contributed by atoms with Crippen molar-refractivity contribution in [2.24, 2.45) is 0 Å². The van der Waals surface area contributed by atoms with E-state index < -0.39 is 0 Å². The molecule has 1 aromatic carbocycles. The number of aryl methyl sites for hydroxylation is 2. The number of hydrogen-bond donors (Lipinski definition) is 3. The largest absolute Gasteiger partial charge is 0.383 e. The number of nitrogens with one attached hydrogen (secondary N) is 3. The van der Waals surface area contributed by atoms with Crippen LogP contribution in [0.15, 0.2) is 18.2 Å². The third-order valence-corrected chi connectivity index (χ3v) is 4.22. The van der Waals surface area contributed by atoms with Crippen LogP contribution in [0, 0.1) is 25.2 Å². The summed E-state index contributed by atoms with van der Waals surface area (Å²) in [5.74, 6) is 0.630. The molecule has 0 bridgehead atoms. The minimum Gasteiger partial charge on any atom is -0.383 e. The van der Waals surface area contributed by atoms with Gasteiger partial charge in [0.15, 0.2) is 5.11 Å². The van der Waals surface area contributed by atoms with E-state index >= 15 is 0 Å². The molecule has 2 rings (SSSR count). The second kappa shape index (κ2) is 9.90. The molecule has 1 aromatic heterocycles. The van der Waals surface area contributed by atoms with Gasteiger partial charge in [-0.3, -0.25) is 0 Å². The molecule has 0 fully saturated rings. The van der Waals surface area contributed by atoms with Crippen LogP contribution in [-0.4, -0.2) is 43.4 Å². The van der Waals surface area contributed by atoms with Gasteiger partial charge in [0, 0.05) is 32.1 Å². The van der Waals surface area contributed by atoms with Crippen molar-refractivity contribution in [2.45, 2.75) is 20.3 Å². The lowest BCUT2D eigenvalue weighted by molar-refractivity contribution is 0.204. The molecule has 0 radical (unpaired) electrons. The number of rotatable bonds is 8. The van der Waals surface area contributed by atoms with Gasteiger partial charge in [0.1, 0.15) is 11.9 Å². The van der Waals surface area contributed by atoms with Gasteiger partial charge >= 0.3 is 0 Å². The predicted octanol–water partition coefficient (Wildman–Crippen LogP) is 2.64. The lowest BCUT2D eigenvalue weighted by atomic mass is 10.0. The summed E-state index contributed by atoms with van der Waals surface area (Å²) in [4.78, 5) is 4.64. The highest BCUT2D eigenvalue weighted by Crippen LogP contribution is 2.24. The first-order valence-electron chi connectivity index (χ1n) is 8.61. The van der Waals surface area contributed by atoms with Gasteiger partial charge in [0.05, 0.1) is 17.7 Å². The molecule has 0 aliphatic carbocycles. The molecule has 0 saturated carbocycles. The molecule has 2 aromatic rings. The topological polar surface area (TPSA) is 82.0 Å². The molecule has 0 spiro atoms. The Hall–Kier alpha value is -2.43. The number of nitrogens with zero attached hydrogens (tertiary/aromatic N) is 2. The molecular formula is C19H25N5OS. The number of nitriles is 1. The summed E-state index contributed by atoms with van der Waals surface area (Å²) < 4.78 is 4.96. The van der Waals surface area contributed by atoms with Crippen LogP contribution in [0.3, 0.4) is 0 Å². The summed E-state index contributed by atoms with van der Waals surface area (Å²) in [6.07, 6.45) is 0.851. The third kappa shape index (κ3) is 5.55. The third-order valence-electron chi connectivity index (χ3n) is 3.93. The Morgan fingerprint density at radius 2 is 1.96 bits per heavy atom. The second-order valence-corrected chi connectivity index (χ2v) is 6.51. The maximum Gasteiger partial charge on any atom is 0.166 e. The summed E-state index contributed by atoms with van der Waals surface area (Å²) >= 11 is 5.17. The van der Waals surface area contributed by atoms with Gasteiger partial charge in [0.25, 0.3) is 0 Å². The molecule has 0 amide bonds. The molecule has 7 heteroatoms. The first-order valence-corrected chi connectivity index (χ1v) is 9.02. The normalized spacial score (nSPS) is 10.4. The minimum atomic E-state index is 0.564. The van der Waals surface area contributed by atoms with Gasteiger partial charge in [-0.05, 0) is 55.7 Å². The van der Waals surface area contributed by atoms with Crippen molar-refractivity contribution in [2.75, 3.05) is 38.7 Å². The standard InChI is InChI=1S/C19H25N5OS/c1-13-9-14(2)16-11-15(12-20)18(24-17(16)10-13)21-5-4-6-22-19(26)23-7-8-25-3/h9-11H,4-8H2,1-3H3,(H,21,24)(H2,22,23,26). The number of anilines is 1. The Kier molecular flexibility index (Phi) is 7.57. The predicted molar refractivity (Wildman–Crippen MR) is 110 cm³/mol. The Morgan fingerprint density at radius 1 is 1.19 bits per heavy atom. The maximum atomic E-state index is 9.42. The zero-order valence-electron chi connectivity index (χ0n) is 15.5. The fourth-order valence-corrected chi connectivity index (χ4v) is 2.88. The van der Waals surface area contributed by atoms with E-state index in [1.54, 1.807) is 7.11 Å². The van der Waals surface area contributed by atoms with Gasteiger partial charge in [-0.25, -0.2) is 4.98 Å². The molecular weight excluding hydrogens is 346 g/mol. The summed E-state index contributed by atoms with van der Waals surface area (Å²) in [6, 6.07) is 8.29. The van der Waals surface area contributed by atoms with Gasteiger partial charge in [-0.15, -0.1) is 0 Å². The SMILES string of the molecule is COCCNC(=S)NCCCNc1nc2cc(C)cc(C)c2cc1C#N. The number of benzene rings is 1. The van der Waals surface area contributed by atoms with Crippen molar-refractivity contribution in [1.29, 1.82) is 5.26 Å². The van der Waals surface area contributed by atoms with E-state index in [1.165, 1.54) is 0 Å². The Bertz CT molecular complexity index is 816. The van der Waals surface area contributed by atoms with Gasteiger partial charge < -0.3 is 20.7 Å². The summed E-state index contributed by atoms with van der Waals surface area (Å²) in [6.45, 7) is 6.83. The quantitative estimate of drug-likeness (QED) is 0.486. The number of thiocarbonyl (C=S) groups is 1. The van der Waals surface area contributed by atoms with Crippen molar-refractivity contribution in [3.8, 4) is 6.07 Å². The summed E-state index contributed by atoms with van der Waals surface area (Å²) in [5, 5.41) is 20.5. The summed E-state index contributed by atoms with van der Waals surface area (Å²) in [7, 11) is 1.66. The van der Waals surface area contributed by atoms with Crippen LogP contribution in [0.1, 0.15) is 23.1 Å². The van der Waals surface area contributed by atoms with Crippen molar-refractivity contribution in [3.05, 3.63) is 34.9 Å². The molecule has 0 aliphatic heterocycles. The van der Waals surface area contributed by atoms with Gasteiger partial charge in [-0.2, -0.15) is 5.26 Å². The lowest BCUT2D eigenvalue weighted by Gasteiger charge is -2.12. The van der Waals surface area contributed by atoms with E-state index in [2.05, 4.69) is 40.0 Å². The Morgan fingerprint density at radius 3 is 2.69 bits per heavy atom. The van der Waals surface area contributed by atoms with E-state index in [0.717, 1.165) is 35.0 Å². The molecule has 138 valence electrons. The first kappa shape index (κ1) is 19.9. The Labute approximate surface area is 159 Å². The summed E-state index contributed by atoms with van der Waals surface area (Å²) in [5.41, 5.74) is 3.77. The first-order chi connectivity index (χ1) is 12.5. The van der Waals surface area contributed by atoms with Crippen LogP contribution >= 0.6 is 12.2 Å². The number of pyridine rings is 1. The highest BCUT2D eigenvalue weighted by Gasteiger charge is 2.08. The van der Waals surface area contributed by atoms with Crippen LogP contribution < -0.4 is 16.0 Å². The Balaban J connectivity index is 1.90. The minimum absolute atomic E-state index is 0.564. The van der Waals surface area contributed by atoms with Crippen molar-refractivity contribution >= 4 is 34.1 Å². The number of aromatic nitrogens is 1. The molecule has 3 N–H and O–H groups in total. The number of ether oxygens (including phenoxy) is 1. The van der Waals surface area contributed by atoms with Crippen molar-refractivity contribution in [1.82, 2.24) is 15.6 Å². The molecule has 0 atom stereocenters. The average Bonchev–Trinajstić information content (AvgIpc) is 2.61. The van der Waals surface area contributed by atoms with Crippen molar-refractivity contribution < 1.29 is 4.74 Å². The zero-order chi connectivity index (χ0) is 18.9. The molecule has 6 nitrogen and oxygen atoms in total. The number of hydrogen-bond acceptors (Lipinski definition) is 5. The van der Waals surface area contributed by atoms with Gasteiger partial charge in [-0.1, -0.05) is 6.07 Å². The van der Waals surface area contributed by atoms with Crippen LogP contribution in [0.4, 0.5) is 5.82 Å². The smallest absolute Gasteiger partial charge is 0.166 e. The van der Waals surface area contributed by atoms with E-state index in [-0.39, 0.29) is 0 Å². The average molecular weight is 372 g/mol. The van der Waals surface area contributed by atoms with Crippen LogP contribution in [0.5, 0.6) is 0 Å². The number of fused-ring (bicyclic) bond motifs is 1.